The Morgan fingerprint density at radius 1 is 1.64 bits per heavy atom. The van der Waals surface area contributed by atoms with Gasteiger partial charge in [0.2, 0.25) is 0 Å². The fourth-order valence-electron chi connectivity index (χ4n) is 1.04. The van der Waals surface area contributed by atoms with Crippen LogP contribution in [-0.4, -0.2) is 20.9 Å². The predicted octanol–water partition coefficient (Wildman–Crippen LogP) is 2.19. The lowest BCUT2D eigenvalue weighted by Gasteiger charge is -1.94. The molecule has 2 heterocycles. The quantitative estimate of drug-likeness (QED) is 0.840. The molecule has 0 aliphatic heterocycles. The third kappa shape index (κ3) is 1.35. The molecule has 2 aromatic rings. The smallest absolute Gasteiger partial charge is 0.345 e. The summed E-state index contributed by atoms with van der Waals surface area (Å²) in [4.78, 5) is 10.6. The topological polar surface area (TPSA) is 55.1 Å². The molecular weight excluding hydrogens is 214 g/mol. The van der Waals surface area contributed by atoms with Crippen molar-refractivity contribution in [3.63, 3.8) is 0 Å². The molecule has 0 saturated carbocycles. The first-order valence-electron chi connectivity index (χ1n) is 3.58. The number of aromatic nitrogens is 2. The van der Waals surface area contributed by atoms with Crippen LogP contribution >= 0.6 is 11.3 Å². The van der Waals surface area contributed by atoms with Crippen LogP contribution in [0.2, 0.25) is 0 Å². The Hall–Kier alpha value is -1.50. The van der Waals surface area contributed by atoms with E-state index < -0.39 is 12.5 Å². The van der Waals surface area contributed by atoms with Crippen molar-refractivity contribution in [1.29, 1.82) is 0 Å². The zero-order valence-corrected chi connectivity index (χ0v) is 7.46. The van der Waals surface area contributed by atoms with Crippen molar-refractivity contribution < 1.29 is 18.7 Å². The summed E-state index contributed by atoms with van der Waals surface area (Å²) in [5.74, 6) is -1.07. The molecule has 0 atom stereocenters. The van der Waals surface area contributed by atoms with E-state index in [2.05, 4.69) is 5.10 Å². The molecule has 0 aliphatic rings. The van der Waals surface area contributed by atoms with Crippen molar-refractivity contribution in [3.8, 4) is 0 Å². The lowest BCUT2D eigenvalue weighted by atomic mass is 10.4. The van der Waals surface area contributed by atoms with E-state index in [1.165, 1.54) is 6.07 Å². The van der Waals surface area contributed by atoms with Crippen LogP contribution in [0.5, 0.6) is 0 Å². The van der Waals surface area contributed by atoms with E-state index >= 15 is 0 Å². The predicted molar refractivity (Wildman–Crippen MR) is 45.8 cm³/mol. The standard InChI is InChI=1S/C7H4F2N2O2S/c8-7(9)11-2-5-3(10-11)1-4(14-5)6(12)13/h1-2,7H,(H,12,13). The molecule has 74 valence electrons. The number of thiophene rings is 1. The second kappa shape index (κ2) is 3.02. The molecule has 1 N–H and O–H groups in total. The minimum absolute atomic E-state index is 0.101. The van der Waals surface area contributed by atoms with Gasteiger partial charge in [-0.15, -0.1) is 11.3 Å². The summed E-state index contributed by atoms with van der Waals surface area (Å²) in [7, 11) is 0. The summed E-state index contributed by atoms with van der Waals surface area (Å²) in [6, 6.07) is 1.28. The van der Waals surface area contributed by atoms with E-state index in [4.69, 9.17) is 5.11 Å². The highest BCUT2D eigenvalue weighted by molar-refractivity contribution is 7.20. The van der Waals surface area contributed by atoms with Gasteiger partial charge in [-0.1, -0.05) is 0 Å². The highest BCUT2D eigenvalue weighted by Gasteiger charge is 2.14. The Bertz CT molecular complexity index is 459. The van der Waals surface area contributed by atoms with Gasteiger partial charge in [0, 0.05) is 6.20 Å². The molecule has 0 bridgehead atoms. The summed E-state index contributed by atoms with van der Waals surface area (Å²) < 4.78 is 25.2. The number of halogens is 2. The fourth-order valence-corrected chi connectivity index (χ4v) is 1.90. The molecule has 4 nitrogen and oxygen atoms in total. The van der Waals surface area contributed by atoms with Gasteiger partial charge in [0.15, 0.2) is 0 Å². The van der Waals surface area contributed by atoms with Gasteiger partial charge in [-0.05, 0) is 6.07 Å². The monoisotopic (exact) mass is 218 g/mol. The van der Waals surface area contributed by atoms with Gasteiger partial charge in [-0.3, -0.25) is 0 Å². The van der Waals surface area contributed by atoms with Crippen molar-refractivity contribution in [2.45, 2.75) is 6.55 Å². The summed E-state index contributed by atoms with van der Waals surface area (Å²) in [6.45, 7) is -2.69. The van der Waals surface area contributed by atoms with E-state index in [0.29, 0.717) is 9.38 Å². The third-order valence-corrected chi connectivity index (χ3v) is 2.67. The average Bonchev–Trinajstić information content (AvgIpc) is 2.57. The van der Waals surface area contributed by atoms with Crippen LogP contribution in [0.3, 0.4) is 0 Å². The van der Waals surface area contributed by atoms with E-state index in [1.807, 2.05) is 0 Å². The van der Waals surface area contributed by atoms with Gasteiger partial charge in [-0.25, -0.2) is 9.48 Å². The second-order valence-corrected chi connectivity index (χ2v) is 3.64. The Morgan fingerprint density at radius 3 is 2.86 bits per heavy atom. The largest absolute Gasteiger partial charge is 0.477 e. The molecule has 7 heteroatoms. The number of hydrogen-bond donors (Lipinski definition) is 1. The number of alkyl halides is 2. The Morgan fingerprint density at radius 2 is 2.36 bits per heavy atom. The summed E-state index contributed by atoms with van der Waals surface area (Å²) in [5, 5.41) is 12.1. The highest BCUT2D eigenvalue weighted by Crippen LogP contribution is 2.26. The summed E-state index contributed by atoms with van der Waals surface area (Å²) >= 11 is 0.927. The van der Waals surface area contributed by atoms with Crippen molar-refractivity contribution in [2.24, 2.45) is 0 Å². The Kier molecular flexibility index (Phi) is 1.95. The summed E-state index contributed by atoms with van der Waals surface area (Å²) in [5.41, 5.74) is 0.285. The first kappa shape index (κ1) is 9.07. The summed E-state index contributed by atoms with van der Waals surface area (Å²) in [6.07, 6.45) is 1.14. The van der Waals surface area contributed by atoms with Gasteiger partial charge < -0.3 is 5.11 Å². The zero-order valence-electron chi connectivity index (χ0n) is 6.65. The zero-order chi connectivity index (χ0) is 10.3. The van der Waals surface area contributed by atoms with Crippen molar-refractivity contribution >= 4 is 27.5 Å². The van der Waals surface area contributed by atoms with E-state index in [0.717, 1.165) is 17.5 Å². The normalized spacial score (nSPS) is 11.4. The van der Waals surface area contributed by atoms with Gasteiger partial charge >= 0.3 is 12.5 Å². The van der Waals surface area contributed by atoms with Crippen LogP contribution in [0.15, 0.2) is 12.3 Å². The fraction of sp³-hybridized carbons (Fsp3) is 0.143. The molecule has 0 aliphatic carbocycles. The van der Waals surface area contributed by atoms with Crippen LogP contribution < -0.4 is 0 Å². The van der Waals surface area contributed by atoms with Gasteiger partial charge in [-0.2, -0.15) is 13.9 Å². The van der Waals surface area contributed by atoms with Crippen LogP contribution in [0.25, 0.3) is 10.2 Å². The van der Waals surface area contributed by atoms with Crippen molar-refractivity contribution in [3.05, 3.63) is 17.1 Å². The third-order valence-electron chi connectivity index (χ3n) is 1.62. The van der Waals surface area contributed by atoms with Crippen LogP contribution in [0.1, 0.15) is 16.2 Å². The molecule has 2 aromatic heterocycles. The lowest BCUT2D eigenvalue weighted by molar-refractivity contribution is 0.0574. The Balaban J connectivity index is 2.50. The maximum atomic E-state index is 12.1. The first-order valence-corrected chi connectivity index (χ1v) is 4.39. The number of carboxylic acids is 1. The van der Waals surface area contributed by atoms with Crippen molar-refractivity contribution in [1.82, 2.24) is 9.78 Å². The number of hydrogen-bond acceptors (Lipinski definition) is 3. The van der Waals surface area contributed by atoms with Crippen LogP contribution in [0, 0.1) is 0 Å². The molecule has 0 fully saturated rings. The molecule has 2 rings (SSSR count). The minimum atomic E-state index is -2.69. The maximum absolute atomic E-state index is 12.1. The average molecular weight is 218 g/mol. The lowest BCUT2D eigenvalue weighted by Crippen LogP contribution is -1.97. The molecule has 0 spiro atoms. The first-order chi connectivity index (χ1) is 6.58. The van der Waals surface area contributed by atoms with E-state index in [-0.39, 0.29) is 10.4 Å². The number of fused-ring (bicyclic) bond motifs is 1. The maximum Gasteiger partial charge on any atom is 0.345 e. The minimum Gasteiger partial charge on any atom is -0.477 e. The molecular formula is C7H4F2N2O2S. The molecule has 0 aromatic carbocycles. The molecule has 0 amide bonds. The Labute approximate surface area is 80.4 Å². The number of nitrogens with zero attached hydrogens (tertiary/aromatic N) is 2. The molecule has 0 saturated heterocycles. The number of aromatic carboxylic acids is 1. The van der Waals surface area contributed by atoms with Gasteiger partial charge in [0.1, 0.15) is 10.4 Å². The van der Waals surface area contributed by atoms with Gasteiger partial charge in [0.25, 0.3) is 0 Å². The highest BCUT2D eigenvalue weighted by atomic mass is 32.1. The SMILES string of the molecule is O=C(O)c1cc2nn(C(F)F)cc2s1. The number of carboxylic acid groups (broad SMARTS) is 1. The van der Waals surface area contributed by atoms with Crippen LogP contribution in [0.4, 0.5) is 8.78 Å². The second-order valence-electron chi connectivity index (χ2n) is 2.55. The number of carbonyl (C=O) groups is 1. The molecule has 14 heavy (non-hydrogen) atoms. The number of rotatable bonds is 2. The van der Waals surface area contributed by atoms with Crippen molar-refractivity contribution in [2.75, 3.05) is 0 Å². The van der Waals surface area contributed by atoms with Crippen LogP contribution in [-0.2, 0) is 0 Å². The molecule has 0 unspecified atom stereocenters. The van der Waals surface area contributed by atoms with E-state index in [1.54, 1.807) is 0 Å². The van der Waals surface area contributed by atoms with Gasteiger partial charge in [0.05, 0.1) is 4.70 Å². The van der Waals surface area contributed by atoms with E-state index in [9.17, 15) is 13.6 Å². The molecule has 0 radical (unpaired) electrons.